The SMILES string of the molecule is CCCCCC(CCCC(=O)OCC)OCCOCCCC. The normalized spacial score (nSPS) is 12.3. The monoisotopic (exact) mass is 316 g/mol. The van der Waals surface area contributed by atoms with Crippen molar-refractivity contribution in [1.82, 2.24) is 0 Å². The second-order valence-electron chi connectivity index (χ2n) is 5.65. The van der Waals surface area contributed by atoms with Gasteiger partial charge in [-0.25, -0.2) is 0 Å². The quantitative estimate of drug-likeness (QED) is 0.310. The Balaban J connectivity index is 3.80. The molecule has 0 aromatic carbocycles. The molecule has 0 fully saturated rings. The topological polar surface area (TPSA) is 44.8 Å². The molecule has 0 spiro atoms. The zero-order chi connectivity index (χ0) is 16.5. The van der Waals surface area contributed by atoms with Gasteiger partial charge in [0, 0.05) is 13.0 Å². The van der Waals surface area contributed by atoms with E-state index in [4.69, 9.17) is 14.2 Å². The standard InChI is InChI=1S/C18H36O4/c1-4-7-9-11-17(12-10-13-18(19)21-6-3)22-16-15-20-14-8-5-2/h17H,4-16H2,1-3H3. The Bertz CT molecular complexity index is 243. The minimum atomic E-state index is -0.0993. The fourth-order valence-electron chi connectivity index (χ4n) is 2.26. The van der Waals surface area contributed by atoms with Gasteiger partial charge in [0.15, 0.2) is 0 Å². The van der Waals surface area contributed by atoms with Gasteiger partial charge in [-0.3, -0.25) is 4.79 Å². The molecule has 22 heavy (non-hydrogen) atoms. The smallest absolute Gasteiger partial charge is 0.305 e. The molecular formula is C18H36O4. The molecule has 0 aliphatic rings. The number of hydrogen-bond acceptors (Lipinski definition) is 4. The molecule has 0 N–H and O–H groups in total. The summed E-state index contributed by atoms with van der Waals surface area (Å²) in [5.74, 6) is -0.0993. The van der Waals surface area contributed by atoms with Crippen LogP contribution < -0.4 is 0 Å². The van der Waals surface area contributed by atoms with E-state index >= 15 is 0 Å². The highest BCUT2D eigenvalue weighted by atomic mass is 16.5. The van der Waals surface area contributed by atoms with Gasteiger partial charge in [0.25, 0.3) is 0 Å². The maximum atomic E-state index is 11.4. The van der Waals surface area contributed by atoms with E-state index in [2.05, 4.69) is 13.8 Å². The second kappa shape index (κ2) is 16.8. The zero-order valence-corrected chi connectivity index (χ0v) is 14.9. The van der Waals surface area contributed by atoms with Gasteiger partial charge in [0.2, 0.25) is 0 Å². The number of carbonyl (C=O) groups is 1. The molecule has 0 bridgehead atoms. The van der Waals surface area contributed by atoms with E-state index in [-0.39, 0.29) is 12.1 Å². The molecule has 0 radical (unpaired) electrons. The number of esters is 1. The van der Waals surface area contributed by atoms with Crippen molar-refractivity contribution in [1.29, 1.82) is 0 Å². The lowest BCUT2D eigenvalue weighted by Gasteiger charge is -2.18. The van der Waals surface area contributed by atoms with Gasteiger partial charge in [-0.15, -0.1) is 0 Å². The van der Waals surface area contributed by atoms with Crippen molar-refractivity contribution in [2.45, 2.75) is 84.7 Å². The first-order valence-electron chi connectivity index (χ1n) is 9.09. The molecule has 0 rings (SSSR count). The highest BCUT2D eigenvalue weighted by molar-refractivity contribution is 5.69. The minimum Gasteiger partial charge on any atom is -0.466 e. The lowest BCUT2D eigenvalue weighted by Crippen LogP contribution is -2.17. The van der Waals surface area contributed by atoms with Crippen molar-refractivity contribution < 1.29 is 19.0 Å². The molecule has 0 aliphatic carbocycles. The van der Waals surface area contributed by atoms with E-state index in [0.717, 1.165) is 38.7 Å². The van der Waals surface area contributed by atoms with E-state index in [1.807, 2.05) is 6.92 Å². The first-order chi connectivity index (χ1) is 10.7. The van der Waals surface area contributed by atoms with Crippen molar-refractivity contribution in [3.8, 4) is 0 Å². The van der Waals surface area contributed by atoms with Crippen LogP contribution in [0.1, 0.15) is 78.6 Å². The zero-order valence-electron chi connectivity index (χ0n) is 14.9. The molecule has 1 unspecified atom stereocenters. The van der Waals surface area contributed by atoms with Gasteiger partial charge in [0.05, 0.1) is 25.9 Å². The van der Waals surface area contributed by atoms with Gasteiger partial charge >= 0.3 is 5.97 Å². The Hall–Kier alpha value is -0.610. The Morgan fingerprint density at radius 1 is 0.864 bits per heavy atom. The van der Waals surface area contributed by atoms with Crippen LogP contribution in [0.2, 0.25) is 0 Å². The molecule has 0 saturated heterocycles. The largest absolute Gasteiger partial charge is 0.466 e. The number of ether oxygens (including phenoxy) is 3. The van der Waals surface area contributed by atoms with E-state index < -0.39 is 0 Å². The molecule has 0 saturated carbocycles. The summed E-state index contributed by atoms with van der Waals surface area (Å²) in [4.78, 5) is 11.4. The lowest BCUT2D eigenvalue weighted by atomic mass is 10.1. The Kier molecular flexibility index (Phi) is 16.3. The van der Waals surface area contributed by atoms with Crippen LogP contribution >= 0.6 is 0 Å². The highest BCUT2D eigenvalue weighted by Gasteiger charge is 2.10. The van der Waals surface area contributed by atoms with Crippen molar-refractivity contribution in [3.05, 3.63) is 0 Å². The molecule has 0 aromatic heterocycles. The fourth-order valence-corrected chi connectivity index (χ4v) is 2.26. The van der Waals surface area contributed by atoms with Gasteiger partial charge in [-0.2, -0.15) is 0 Å². The average Bonchev–Trinajstić information content (AvgIpc) is 2.50. The summed E-state index contributed by atoms with van der Waals surface area (Å²) in [6, 6.07) is 0. The highest BCUT2D eigenvalue weighted by Crippen LogP contribution is 2.14. The number of rotatable bonds is 16. The van der Waals surface area contributed by atoms with Crippen LogP contribution in [-0.2, 0) is 19.0 Å². The van der Waals surface area contributed by atoms with Gasteiger partial charge < -0.3 is 14.2 Å². The van der Waals surface area contributed by atoms with Crippen LogP contribution in [0.5, 0.6) is 0 Å². The molecule has 1 atom stereocenters. The Labute approximate surface area is 136 Å². The summed E-state index contributed by atoms with van der Waals surface area (Å²) in [6.45, 7) is 8.81. The van der Waals surface area contributed by atoms with Crippen molar-refractivity contribution in [2.24, 2.45) is 0 Å². The molecule has 4 nitrogen and oxygen atoms in total. The van der Waals surface area contributed by atoms with Crippen LogP contribution in [0.15, 0.2) is 0 Å². The Morgan fingerprint density at radius 2 is 1.59 bits per heavy atom. The third kappa shape index (κ3) is 14.3. The average molecular weight is 316 g/mol. The molecule has 0 heterocycles. The summed E-state index contributed by atoms with van der Waals surface area (Å²) in [5, 5.41) is 0. The van der Waals surface area contributed by atoms with Crippen LogP contribution in [0.4, 0.5) is 0 Å². The van der Waals surface area contributed by atoms with Crippen LogP contribution in [0.3, 0.4) is 0 Å². The summed E-state index contributed by atoms with van der Waals surface area (Å²) >= 11 is 0. The lowest BCUT2D eigenvalue weighted by molar-refractivity contribution is -0.143. The van der Waals surface area contributed by atoms with Crippen molar-refractivity contribution in [3.63, 3.8) is 0 Å². The van der Waals surface area contributed by atoms with Crippen molar-refractivity contribution in [2.75, 3.05) is 26.4 Å². The van der Waals surface area contributed by atoms with Gasteiger partial charge in [-0.1, -0.05) is 39.5 Å². The van der Waals surface area contributed by atoms with E-state index in [9.17, 15) is 4.79 Å². The van der Waals surface area contributed by atoms with Crippen LogP contribution in [0, 0.1) is 0 Å². The summed E-state index contributed by atoms with van der Waals surface area (Å²) in [6.07, 6.45) is 9.51. The minimum absolute atomic E-state index is 0.0993. The van der Waals surface area contributed by atoms with Gasteiger partial charge in [0.1, 0.15) is 0 Å². The van der Waals surface area contributed by atoms with Gasteiger partial charge in [-0.05, 0) is 32.6 Å². The van der Waals surface area contributed by atoms with E-state index in [0.29, 0.717) is 26.2 Å². The summed E-state index contributed by atoms with van der Waals surface area (Å²) in [7, 11) is 0. The molecule has 0 aliphatic heterocycles. The third-order valence-corrected chi connectivity index (χ3v) is 3.57. The van der Waals surface area contributed by atoms with Crippen LogP contribution in [-0.4, -0.2) is 38.5 Å². The van der Waals surface area contributed by atoms with Crippen molar-refractivity contribution >= 4 is 5.97 Å². The van der Waals surface area contributed by atoms with Crippen LogP contribution in [0.25, 0.3) is 0 Å². The summed E-state index contributed by atoms with van der Waals surface area (Å²) in [5.41, 5.74) is 0. The number of hydrogen-bond donors (Lipinski definition) is 0. The third-order valence-electron chi connectivity index (χ3n) is 3.57. The molecule has 0 amide bonds. The molecule has 0 aromatic rings. The second-order valence-corrected chi connectivity index (χ2v) is 5.65. The first kappa shape index (κ1) is 21.4. The first-order valence-corrected chi connectivity index (χ1v) is 9.09. The number of carbonyl (C=O) groups excluding carboxylic acids is 1. The molecule has 4 heteroatoms. The summed E-state index contributed by atoms with van der Waals surface area (Å²) < 4.78 is 16.4. The van der Waals surface area contributed by atoms with E-state index in [1.165, 1.54) is 19.3 Å². The fraction of sp³-hybridized carbons (Fsp3) is 0.944. The molecular weight excluding hydrogens is 280 g/mol. The maximum absolute atomic E-state index is 11.4. The predicted molar refractivity (Wildman–Crippen MR) is 90.1 cm³/mol. The Morgan fingerprint density at radius 3 is 2.27 bits per heavy atom. The maximum Gasteiger partial charge on any atom is 0.305 e. The number of unbranched alkanes of at least 4 members (excludes halogenated alkanes) is 3. The van der Waals surface area contributed by atoms with E-state index in [1.54, 1.807) is 0 Å². The predicted octanol–water partition coefficient (Wildman–Crippen LogP) is 4.50. The molecule has 132 valence electrons.